The highest BCUT2D eigenvalue weighted by Crippen LogP contribution is 2.18. The van der Waals surface area contributed by atoms with Gasteiger partial charge < -0.3 is 14.2 Å². The number of allylic oxidation sites excluding steroid dienone is 6. The molecule has 0 aliphatic heterocycles. The molecule has 0 saturated carbocycles. The van der Waals surface area contributed by atoms with Crippen molar-refractivity contribution in [3.05, 3.63) is 36.5 Å². The van der Waals surface area contributed by atoms with E-state index in [1.807, 2.05) is 0 Å². The SMILES string of the molecule is CCCCCCC/C=C\C/C=C\CCCCCCCCCCCCCCCCCC(=O)OCC(COC(=O)CCCCCCCCCCCCCCCC)OC(=O)CCCCCCC/C=C\CCCCCCCCC. The van der Waals surface area contributed by atoms with Crippen LogP contribution < -0.4 is 0 Å². The molecule has 0 aliphatic rings. The lowest BCUT2D eigenvalue weighted by atomic mass is 10.0. The summed E-state index contributed by atoms with van der Waals surface area (Å²) in [6.45, 7) is 6.68. The van der Waals surface area contributed by atoms with E-state index in [1.54, 1.807) is 0 Å². The van der Waals surface area contributed by atoms with Gasteiger partial charge in [-0.15, -0.1) is 0 Å². The van der Waals surface area contributed by atoms with Gasteiger partial charge in [0.2, 0.25) is 0 Å². The number of unbranched alkanes of at least 4 members (excludes halogenated alkanes) is 45. The van der Waals surface area contributed by atoms with Gasteiger partial charge in [0.1, 0.15) is 13.2 Å². The first-order chi connectivity index (χ1) is 37.0. The summed E-state index contributed by atoms with van der Waals surface area (Å²) in [6, 6.07) is 0. The van der Waals surface area contributed by atoms with Crippen molar-refractivity contribution in [3.63, 3.8) is 0 Å². The number of esters is 3. The Kier molecular flexibility index (Phi) is 62.1. The molecule has 0 aromatic heterocycles. The fourth-order valence-electron chi connectivity index (χ4n) is 10.1. The first-order valence-corrected chi connectivity index (χ1v) is 33.5. The molecule has 0 rings (SSSR count). The monoisotopic (exact) mass is 1050 g/mol. The highest BCUT2D eigenvalue weighted by atomic mass is 16.6. The molecule has 440 valence electrons. The van der Waals surface area contributed by atoms with Crippen LogP contribution in [0.3, 0.4) is 0 Å². The second-order valence-corrected chi connectivity index (χ2v) is 22.7. The van der Waals surface area contributed by atoms with E-state index in [0.29, 0.717) is 19.3 Å². The summed E-state index contributed by atoms with van der Waals surface area (Å²) >= 11 is 0. The van der Waals surface area contributed by atoms with E-state index < -0.39 is 6.10 Å². The molecule has 0 radical (unpaired) electrons. The Hall–Kier alpha value is -2.37. The Morgan fingerprint density at radius 3 is 0.747 bits per heavy atom. The third-order valence-electron chi connectivity index (χ3n) is 15.1. The van der Waals surface area contributed by atoms with Crippen LogP contribution in [0.15, 0.2) is 36.5 Å². The molecule has 0 spiro atoms. The third-order valence-corrected chi connectivity index (χ3v) is 15.1. The minimum Gasteiger partial charge on any atom is -0.462 e. The highest BCUT2D eigenvalue weighted by molar-refractivity contribution is 5.71. The van der Waals surface area contributed by atoms with Gasteiger partial charge in [0.25, 0.3) is 0 Å². The third kappa shape index (κ3) is 62.4. The standard InChI is InChI=1S/C69H128O6/c1-4-7-10-13-16-19-22-25-28-30-31-32-33-34-35-36-37-38-39-40-42-44-47-50-53-56-59-62-68(71)74-65-66(64-73-67(70)61-58-55-52-49-46-43-27-24-21-18-15-12-9-6-3)75-69(72)63-60-57-54-51-48-45-41-29-26-23-20-17-14-11-8-5-2/h22,25,29-31,41,66H,4-21,23-24,26-28,32-40,42-65H2,1-3H3/b25-22-,31-30-,41-29-. The summed E-state index contributed by atoms with van der Waals surface area (Å²) in [5, 5.41) is 0. The molecular formula is C69H128O6. The molecule has 6 heteroatoms. The summed E-state index contributed by atoms with van der Waals surface area (Å²) in [7, 11) is 0. The van der Waals surface area contributed by atoms with Crippen molar-refractivity contribution in [1.82, 2.24) is 0 Å². The van der Waals surface area contributed by atoms with Crippen LogP contribution in [0.4, 0.5) is 0 Å². The average Bonchev–Trinajstić information content (AvgIpc) is 3.41. The maximum absolute atomic E-state index is 12.9. The molecule has 0 aliphatic carbocycles. The van der Waals surface area contributed by atoms with Crippen molar-refractivity contribution in [3.8, 4) is 0 Å². The maximum atomic E-state index is 12.9. The molecule has 0 aromatic rings. The average molecular weight is 1050 g/mol. The van der Waals surface area contributed by atoms with Crippen molar-refractivity contribution in [2.45, 2.75) is 374 Å². The topological polar surface area (TPSA) is 78.9 Å². The van der Waals surface area contributed by atoms with Crippen molar-refractivity contribution < 1.29 is 28.6 Å². The zero-order valence-electron chi connectivity index (χ0n) is 50.6. The van der Waals surface area contributed by atoms with Gasteiger partial charge in [-0.3, -0.25) is 14.4 Å². The molecule has 6 nitrogen and oxygen atoms in total. The van der Waals surface area contributed by atoms with Gasteiger partial charge >= 0.3 is 17.9 Å². The smallest absolute Gasteiger partial charge is 0.306 e. The molecule has 0 amide bonds. The van der Waals surface area contributed by atoms with Crippen molar-refractivity contribution in [1.29, 1.82) is 0 Å². The van der Waals surface area contributed by atoms with Crippen LogP contribution >= 0.6 is 0 Å². The normalized spacial score (nSPS) is 12.2. The summed E-state index contributed by atoms with van der Waals surface area (Å²) in [6.07, 6.45) is 78.7. The number of ether oxygens (including phenoxy) is 3. The first-order valence-electron chi connectivity index (χ1n) is 33.5. The first kappa shape index (κ1) is 72.6. The molecule has 1 atom stereocenters. The van der Waals surface area contributed by atoms with E-state index in [9.17, 15) is 14.4 Å². The van der Waals surface area contributed by atoms with Gasteiger partial charge in [-0.05, 0) is 77.0 Å². The fraction of sp³-hybridized carbons (Fsp3) is 0.870. The van der Waals surface area contributed by atoms with E-state index in [-0.39, 0.29) is 31.1 Å². The van der Waals surface area contributed by atoms with Gasteiger partial charge in [0.15, 0.2) is 6.10 Å². The number of hydrogen-bond acceptors (Lipinski definition) is 6. The largest absolute Gasteiger partial charge is 0.462 e. The van der Waals surface area contributed by atoms with Gasteiger partial charge in [-0.1, -0.05) is 308 Å². The van der Waals surface area contributed by atoms with Crippen LogP contribution in [0.2, 0.25) is 0 Å². The lowest BCUT2D eigenvalue weighted by Crippen LogP contribution is -2.30. The Balaban J connectivity index is 4.22. The van der Waals surface area contributed by atoms with Crippen LogP contribution in [-0.4, -0.2) is 37.2 Å². The van der Waals surface area contributed by atoms with Gasteiger partial charge in [0, 0.05) is 19.3 Å². The highest BCUT2D eigenvalue weighted by Gasteiger charge is 2.19. The molecule has 0 bridgehead atoms. The number of hydrogen-bond donors (Lipinski definition) is 0. The molecule has 0 heterocycles. The van der Waals surface area contributed by atoms with Crippen molar-refractivity contribution >= 4 is 17.9 Å². The quantitative estimate of drug-likeness (QED) is 0.0261. The van der Waals surface area contributed by atoms with E-state index in [4.69, 9.17) is 14.2 Å². The molecule has 0 N–H and O–H groups in total. The summed E-state index contributed by atoms with van der Waals surface area (Å²) in [5.74, 6) is -0.853. The summed E-state index contributed by atoms with van der Waals surface area (Å²) in [4.78, 5) is 38.3. The molecule has 0 fully saturated rings. The van der Waals surface area contributed by atoms with Gasteiger partial charge in [-0.25, -0.2) is 0 Å². The summed E-state index contributed by atoms with van der Waals surface area (Å²) in [5.41, 5.74) is 0. The minimum atomic E-state index is -0.774. The van der Waals surface area contributed by atoms with Crippen molar-refractivity contribution in [2.24, 2.45) is 0 Å². The predicted octanol–water partition coefficient (Wildman–Crippen LogP) is 22.8. The lowest BCUT2D eigenvalue weighted by Gasteiger charge is -2.18. The molecular weight excluding hydrogens is 925 g/mol. The Bertz CT molecular complexity index is 1250. The van der Waals surface area contributed by atoms with Gasteiger partial charge in [-0.2, -0.15) is 0 Å². The second-order valence-electron chi connectivity index (χ2n) is 22.7. The Morgan fingerprint density at radius 2 is 0.480 bits per heavy atom. The summed E-state index contributed by atoms with van der Waals surface area (Å²) < 4.78 is 16.9. The molecule has 1 unspecified atom stereocenters. The minimum absolute atomic E-state index is 0.0702. The van der Waals surface area contributed by atoms with Crippen LogP contribution in [0.5, 0.6) is 0 Å². The molecule has 75 heavy (non-hydrogen) atoms. The Morgan fingerprint density at radius 1 is 0.267 bits per heavy atom. The molecule has 0 saturated heterocycles. The second kappa shape index (κ2) is 64.2. The van der Waals surface area contributed by atoms with E-state index >= 15 is 0 Å². The van der Waals surface area contributed by atoms with Gasteiger partial charge in [0.05, 0.1) is 0 Å². The number of rotatable bonds is 62. The maximum Gasteiger partial charge on any atom is 0.306 e. The predicted molar refractivity (Wildman–Crippen MR) is 326 cm³/mol. The van der Waals surface area contributed by atoms with Crippen LogP contribution in [0.25, 0.3) is 0 Å². The lowest BCUT2D eigenvalue weighted by molar-refractivity contribution is -0.167. The van der Waals surface area contributed by atoms with Crippen LogP contribution in [0.1, 0.15) is 367 Å². The fourth-order valence-corrected chi connectivity index (χ4v) is 10.1. The zero-order valence-corrected chi connectivity index (χ0v) is 50.6. The van der Waals surface area contributed by atoms with E-state index in [2.05, 4.69) is 57.2 Å². The van der Waals surface area contributed by atoms with E-state index in [0.717, 1.165) is 70.6 Å². The Labute approximate surface area is 467 Å². The van der Waals surface area contributed by atoms with Crippen LogP contribution in [-0.2, 0) is 28.6 Å². The van der Waals surface area contributed by atoms with E-state index in [1.165, 1.54) is 257 Å². The zero-order chi connectivity index (χ0) is 54.3. The number of carbonyl (C=O) groups excluding carboxylic acids is 3. The number of carbonyl (C=O) groups is 3. The molecule has 0 aromatic carbocycles. The van der Waals surface area contributed by atoms with Crippen molar-refractivity contribution in [2.75, 3.05) is 13.2 Å². The van der Waals surface area contributed by atoms with Crippen LogP contribution in [0, 0.1) is 0 Å².